The van der Waals surface area contributed by atoms with Crippen molar-refractivity contribution in [3.05, 3.63) is 33.9 Å². The van der Waals surface area contributed by atoms with Crippen molar-refractivity contribution in [2.45, 2.75) is 64.9 Å². The lowest BCUT2D eigenvalue weighted by atomic mass is 9.90. The van der Waals surface area contributed by atoms with Crippen molar-refractivity contribution in [1.82, 2.24) is 4.98 Å². The predicted octanol–water partition coefficient (Wildman–Crippen LogP) is 6.07. The van der Waals surface area contributed by atoms with E-state index in [1.165, 1.54) is 48.9 Å². The average Bonchev–Trinajstić information content (AvgIpc) is 3.11. The lowest BCUT2D eigenvalue weighted by Crippen LogP contribution is -2.17. The van der Waals surface area contributed by atoms with Gasteiger partial charge in [-0.25, -0.2) is 9.78 Å². The Morgan fingerprint density at radius 3 is 2.48 bits per heavy atom. The van der Waals surface area contributed by atoms with Gasteiger partial charge in [-0.15, -0.1) is 11.3 Å². The van der Waals surface area contributed by atoms with Crippen LogP contribution in [0.3, 0.4) is 0 Å². The standard InChI is InChI=1S/C17H19BrN2OS.C4H9NO2/c1-11(21)20-13-7-8-14(15(18)9-13)16-10-19-17(22-16)12-5-3-2-4-6-12;1-3(2)7-4(5)6/h7-10,12H,2-6H2,1H3,(H,20,21);3H,1-2H3,(H2,5,6). The molecule has 6 nitrogen and oxygen atoms in total. The Bertz CT molecular complexity index is 832. The van der Waals surface area contributed by atoms with Crippen molar-refractivity contribution < 1.29 is 14.3 Å². The number of hydrogen-bond acceptors (Lipinski definition) is 5. The number of primary amides is 1. The highest BCUT2D eigenvalue weighted by Gasteiger charge is 2.19. The van der Waals surface area contributed by atoms with Crippen molar-refractivity contribution in [2.75, 3.05) is 5.32 Å². The van der Waals surface area contributed by atoms with Gasteiger partial charge in [0.25, 0.3) is 0 Å². The quantitative estimate of drug-likeness (QED) is 0.553. The van der Waals surface area contributed by atoms with Gasteiger partial charge >= 0.3 is 6.09 Å². The third kappa shape index (κ3) is 7.78. The molecule has 1 aromatic heterocycles. The molecular weight excluding hydrogens is 454 g/mol. The number of carbonyl (C=O) groups is 2. The molecule has 0 atom stereocenters. The number of hydrogen-bond donors (Lipinski definition) is 2. The average molecular weight is 482 g/mol. The van der Waals surface area contributed by atoms with E-state index in [0.717, 1.165) is 15.7 Å². The topological polar surface area (TPSA) is 94.3 Å². The second-order valence-electron chi connectivity index (χ2n) is 7.26. The van der Waals surface area contributed by atoms with Gasteiger partial charge in [0.2, 0.25) is 5.91 Å². The van der Waals surface area contributed by atoms with E-state index in [4.69, 9.17) is 0 Å². The Morgan fingerprint density at radius 2 is 1.97 bits per heavy atom. The third-order valence-corrected chi connectivity index (χ3v) is 6.23. The summed E-state index contributed by atoms with van der Waals surface area (Å²) < 4.78 is 5.37. The zero-order valence-corrected chi connectivity index (χ0v) is 19.4. The first kappa shape index (κ1) is 23.3. The maximum atomic E-state index is 11.1. The molecule has 0 saturated heterocycles. The third-order valence-electron chi connectivity index (χ3n) is 4.38. The van der Waals surface area contributed by atoms with Crippen LogP contribution in [0.5, 0.6) is 0 Å². The van der Waals surface area contributed by atoms with Crippen LogP contribution in [0.2, 0.25) is 0 Å². The molecule has 3 rings (SSSR count). The maximum absolute atomic E-state index is 11.1. The first-order valence-electron chi connectivity index (χ1n) is 9.75. The lowest BCUT2D eigenvalue weighted by molar-refractivity contribution is -0.114. The fraction of sp³-hybridized carbons (Fsp3) is 0.476. The van der Waals surface area contributed by atoms with Gasteiger partial charge in [0, 0.05) is 34.8 Å². The fourth-order valence-corrected chi connectivity index (χ4v) is 5.03. The molecule has 29 heavy (non-hydrogen) atoms. The van der Waals surface area contributed by atoms with E-state index in [-0.39, 0.29) is 12.0 Å². The molecule has 0 radical (unpaired) electrons. The highest BCUT2D eigenvalue weighted by atomic mass is 79.9. The number of amides is 2. The number of carbonyl (C=O) groups excluding carboxylic acids is 2. The molecule has 2 amide bonds. The first-order valence-corrected chi connectivity index (χ1v) is 11.4. The Hall–Kier alpha value is -1.93. The van der Waals surface area contributed by atoms with E-state index in [0.29, 0.717) is 5.92 Å². The Morgan fingerprint density at radius 1 is 1.28 bits per heavy atom. The van der Waals surface area contributed by atoms with Crippen molar-refractivity contribution in [1.29, 1.82) is 0 Å². The lowest BCUT2D eigenvalue weighted by Gasteiger charge is -2.18. The minimum absolute atomic E-state index is 0.0583. The number of anilines is 1. The Labute approximate surface area is 184 Å². The number of ether oxygens (including phenoxy) is 1. The highest BCUT2D eigenvalue weighted by Crippen LogP contribution is 2.39. The molecular formula is C21H28BrN3O3S. The van der Waals surface area contributed by atoms with Gasteiger partial charge in [-0.05, 0) is 38.8 Å². The van der Waals surface area contributed by atoms with Gasteiger partial charge < -0.3 is 15.8 Å². The van der Waals surface area contributed by atoms with Gasteiger partial charge in [0.1, 0.15) is 0 Å². The molecule has 1 heterocycles. The molecule has 0 unspecified atom stereocenters. The minimum Gasteiger partial charge on any atom is -0.447 e. The number of thiazole rings is 1. The zero-order chi connectivity index (χ0) is 21.4. The molecule has 1 aliphatic rings. The molecule has 0 bridgehead atoms. The molecule has 3 N–H and O–H groups in total. The Kier molecular flexibility index (Phi) is 9.10. The van der Waals surface area contributed by atoms with E-state index in [1.807, 2.05) is 24.4 Å². The van der Waals surface area contributed by atoms with Crippen LogP contribution in [0.25, 0.3) is 10.4 Å². The SMILES string of the molecule is CC(=O)Nc1ccc(-c2cnc(C3CCCCC3)s2)c(Br)c1.CC(C)OC(N)=O. The predicted molar refractivity (Wildman–Crippen MR) is 121 cm³/mol. The molecule has 0 spiro atoms. The van der Waals surface area contributed by atoms with Crippen molar-refractivity contribution in [3.63, 3.8) is 0 Å². The molecule has 0 aliphatic heterocycles. The van der Waals surface area contributed by atoms with Gasteiger partial charge in [-0.2, -0.15) is 0 Å². The van der Waals surface area contributed by atoms with Crippen LogP contribution in [0.15, 0.2) is 28.9 Å². The van der Waals surface area contributed by atoms with Gasteiger partial charge in [-0.1, -0.05) is 41.3 Å². The van der Waals surface area contributed by atoms with Crippen LogP contribution in [0, 0.1) is 0 Å². The van der Waals surface area contributed by atoms with Gasteiger partial charge in [0.05, 0.1) is 16.0 Å². The summed E-state index contributed by atoms with van der Waals surface area (Å²) in [5.74, 6) is 0.585. The normalized spacial score (nSPS) is 14.1. The molecule has 1 fully saturated rings. The minimum atomic E-state index is -0.713. The smallest absolute Gasteiger partial charge is 0.404 e. The number of nitrogens with two attached hydrogens (primary N) is 1. The van der Waals surface area contributed by atoms with Gasteiger partial charge in [-0.3, -0.25) is 4.79 Å². The van der Waals surface area contributed by atoms with Crippen LogP contribution < -0.4 is 11.1 Å². The highest BCUT2D eigenvalue weighted by molar-refractivity contribution is 9.10. The summed E-state index contributed by atoms with van der Waals surface area (Å²) in [6, 6.07) is 5.91. The van der Waals surface area contributed by atoms with Crippen molar-refractivity contribution in [3.8, 4) is 10.4 Å². The number of benzene rings is 1. The Balaban J connectivity index is 0.000000370. The number of nitrogens with zero attached hydrogens (tertiary/aromatic N) is 1. The summed E-state index contributed by atoms with van der Waals surface area (Å²) in [5, 5.41) is 4.07. The number of halogens is 1. The molecule has 1 saturated carbocycles. The summed E-state index contributed by atoms with van der Waals surface area (Å²) in [6.45, 7) is 5.00. The van der Waals surface area contributed by atoms with Crippen molar-refractivity contribution >= 4 is 45.0 Å². The van der Waals surface area contributed by atoms with Gasteiger partial charge in [0.15, 0.2) is 0 Å². The van der Waals surface area contributed by atoms with Crippen LogP contribution in [-0.4, -0.2) is 23.1 Å². The van der Waals surface area contributed by atoms with Crippen LogP contribution >= 0.6 is 27.3 Å². The van der Waals surface area contributed by atoms with E-state index < -0.39 is 6.09 Å². The van der Waals surface area contributed by atoms with E-state index in [9.17, 15) is 9.59 Å². The van der Waals surface area contributed by atoms with E-state index in [2.05, 4.69) is 36.7 Å². The van der Waals surface area contributed by atoms with Crippen LogP contribution in [0.4, 0.5) is 10.5 Å². The number of nitrogens with one attached hydrogen (secondary N) is 1. The molecule has 2 aromatic rings. The summed E-state index contributed by atoms with van der Waals surface area (Å²) in [7, 11) is 0. The monoisotopic (exact) mass is 481 g/mol. The van der Waals surface area contributed by atoms with Crippen molar-refractivity contribution in [2.24, 2.45) is 5.73 Å². The molecule has 8 heteroatoms. The summed E-state index contributed by atoms with van der Waals surface area (Å²) in [5.41, 5.74) is 6.57. The van der Waals surface area contributed by atoms with E-state index >= 15 is 0 Å². The first-order chi connectivity index (χ1) is 13.8. The second kappa shape index (κ2) is 11.3. The summed E-state index contributed by atoms with van der Waals surface area (Å²) in [6.07, 6.45) is 7.74. The molecule has 1 aromatic carbocycles. The maximum Gasteiger partial charge on any atom is 0.404 e. The zero-order valence-electron chi connectivity index (χ0n) is 17.0. The van der Waals surface area contributed by atoms with Crippen LogP contribution in [0.1, 0.15) is 63.8 Å². The van der Waals surface area contributed by atoms with Crippen LogP contribution in [-0.2, 0) is 9.53 Å². The fourth-order valence-electron chi connectivity index (χ4n) is 3.18. The number of rotatable bonds is 4. The largest absolute Gasteiger partial charge is 0.447 e. The second-order valence-corrected chi connectivity index (χ2v) is 9.18. The summed E-state index contributed by atoms with van der Waals surface area (Å²) in [4.78, 5) is 26.8. The molecule has 1 aliphatic carbocycles. The number of aromatic nitrogens is 1. The summed E-state index contributed by atoms with van der Waals surface area (Å²) >= 11 is 5.40. The molecule has 158 valence electrons. The van der Waals surface area contributed by atoms with E-state index in [1.54, 1.807) is 25.2 Å².